The number of aryl methyl sites for hydroxylation is 2. The Hall–Kier alpha value is -2.46. The standard InChI is InChI=1S/C24H26N2O2/c1-3-25(4-2)13-14-26-19-9-5-15-17(7-11-21(15)27)23(19)24-18-8-12-22(28)16(18)6-10-20(24)26/h5-6,9-10H,3-4,7-8,11-14H2,1-2H3. The molecule has 0 amide bonds. The van der Waals surface area contributed by atoms with Crippen LogP contribution >= 0.6 is 0 Å². The van der Waals surface area contributed by atoms with E-state index in [0.29, 0.717) is 12.8 Å². The van der Waals surface area contributed by atoms with Crippen LogP contribution in [0.15, 0.2) is 24.3 Å². The van der Waals surface area contributed by atoms with Crippen molar-refractivity contribution < 1.29 is 9.59 Å². The Labute approximate surface area is 165 Å². The molecule has 0 aliphatic heterocycles. The number of benzene rings is 2. The van der Waals surface area contributed by atoms with Gasteiger partial charge in [-0.3, -0.25) is 9.59 Å². The van der Waals surface area contributed by atoms with Gasteiger partial charge in [-0.2, -0.15) is 0 Å². The Morgan fingerprint density at radius 2 is 1.29 bits per heavy atom. The molecule has 4 heteroatoms. The quantitative estimate of drug-likeness (QED) is 0.665. The number of carbonyl (C=O) groups is 2. The summed E-state index contributed by atoms with van der Waals surface area (Å²) in [5, 5.41) is 2.45. The fourth-order valence-electron chi connectivity index (χ4n) is 5.22. The van der Waals surface area contributed by atoms with Crippen molar-refractivity contribution in [2.24, 2.45) is 0 Å². The minimum absolute atomic E-state index is 0.254. The van der Waals surface area contributed by atoms with Gasteiger partial charge in [0.15, 0.2) is 11.6 Å². The van der Waals surface area contributed by atoms with Gasteiger partial charge in [0.2, 0.25) is 0 Å². The molecule has 0 radical (unpaired) electrons. The van der Waals surface area contributed by atoms with E-state index in [1.165, 1.54) is 32.9 Å². The maximum atomic E-state index is 12.4. The third-order valence-corrected chi connectivity index (χ3v) is 6.75. The maximum absolute atomic E-state index is 12.4. The van der Waals surface area contributed by atoms with Crippen LogP contribution in [-0.2, 0) is 19.4 Å². The molecule has 144 valence electrons. The predicted molar refractivity (Wildman–Crippen MR) is 113 cm³/mol. The second kappa shape index (κ2) is 6.56. The molecule has 2 aromatic carbocycles. The Morgan fingerprint density at radius 1 is 0.786 bits per heavy atom. The summed E-state index contributed by atoms with van der Waals surface area (Å²) in [5.74, 6) is 0.509. The first-order valence-electron chi connectivity index (χ1n) is 10.5. The molecule has 28 heavy (non-hydrogen) atoms. The lowest BCUT2D eigenvalue weighted by Crippen LogP contribution is -2.26. The predicted octanol–water partition coefficient (Wildman–Crippen LogP) is 4.39. The van der Waals surface area contributed by atoms with Crippen LogP contribution in [0.3, 0.4) is 0 Å². The molecular formula is C24H26N2O2. The molecule has 0 saturated carbocycles. The van der Waals surface area contributed by atoms with Crippen molar-refractivity contribution in [3.8, 4) is 0 Å². The van der Waals surface area contributed by atoms with Crippen LogP contribution in [0.4, 0.5) is 0 Å². The molecular weight excluding hydrogens is 348 g/mol. The summed E-state index contributed by atoms with van der Waals surface area (Å²) < 4.78 is 2.41. The molecule has 0 bridgehead atoms. The van der Waals surface area contributed by atoms with Crippen LogP contribution in [0.25, 0.3) is 21.8 Å². The summed E-state index contributed by atoms with van der Waals surface area (Å²) in [6.45, 7) is 8.40. The van der Waals surface area contributed by atoms with E-state index in [2.05, 4.69) is 35.4 Å². The molecule has 0 N–H and O–H groups in total. The van der Waals surface area contributed by atoms with E-state index in [4.69, 9.17) is 0 Å². The minimum atomic E-state index is 0.254. The summed E-state index contributed by atoms with van der Waals surface area (Å²) in [6, 6.07) is 8.29. The first kappa shape index (κ1) is 17.6. The van der Waals surface area contributed by atoms with Gasteiger partial charge in [0.1, 0.15) is 0 Å². The third-order valence-electron chi connectivity index (χ3n) is 6.75. The van der Waals surface area contributed by atoms with Gasteiger partial charge in [0, 0.05) is 58.9 Å². The maximum Gasteiger partial charge on any atom is 0.163 e. The Bertz CT molecular complexity index is 1050. The molecule has 5 rings (SSSR count). The molecule has 0 saturated heterocycles. The van der Waals surface area contributed by atoms with Gasteiger partial charge in [-0.25, -0.2) is 0 Å². The number of likely N-dealkylation sites (N-methyl/N-ethyl adjacent to an activating group) is 1. The highest BCUT2D eigenvalue weighted by atomic mass is 16.1. The van der Waals surface area contributed by atoms with Gasteiger partial charge in [-0.15, -0.1) is 0 Å². The number of fused-ring (bicyclic) bond motifs is 7. The van der Waals surface area contributed by atoms with Gasteiger partial charge in [-0.1, -0.05) is 13.8 Å². The number of nitrogens with zero attached hydrogens (tertiary/aromatic N) is 2. The van der Waals surface area contributed by atoms with Crippen LogP contribution in [0.2, 0.25) is 0 Å². The highest BCUT2D eigenvalue weighted by molar-refractivity contribution is 6.18. The second-order valence-corrected chi connectivity index (χ2v) is 8.00. The number of aromatic nitrogens is 1. The van der Waals surface area contributed by atoms with Crippen LogP contribution in [0.1, 0.15) is 58.5 Å². The van der Waals surface area contributed by atoms with E-state index in [1.54, 1.807) is 0 Å². The Morgan fingerprint density at radius 3 is 1.75 bits per heavy atom. The summed E-state index contributed by atoms with van der Waals surface area (Å²) in [5.41, 5.74) is 6.59. The van der Waals surface area contributed by atoms with Gasteiger partial charge in [0.05, 0.1) is 0 Å². The monoisotopic (exact) mass is 374 g/mol. The fourth-order valence-corrected chi connectivity index (χ4v) is 5.22. The van der Waals surface area contributed by atoms with Crippen LogP contribution in [-0.4, -0.2) is 40.7 Å². The van der Waals surface area contributed by atoms with Crippen molar-refractivity contribution in [1.82, 2.24) is 9.47 Å². The van der Waals surface area contributed by atoms with Gasteiger partial charge in [0.25, 0.3) is 0 Å². The molecule has 3 aromatic rings. The molecule has 2 aliphatic carbocycles. The van der Waals surface area contributed by atoms with E-state index in [0.717, 1.165) is 50.1 Å². The summed E-state index contributed by atoms with van der Waals surface area (Å²) >= 11 is 0. The number of ketones is 2. The molecule has 4 nitrogen and oxygen atoms in total. The van der Waals surface area contributed by atoms with Crippen molar-refractivity contribution in [2.45, 2.75) is 46.1 Å². The van der Waals surface area contributed by atoms with Crippen LogP contribution in [0.5, 0.6) is 0 Å². The van der Waals surface area contributed by atoms with E-state index < -0.39 is 0 Å². The van der Waals surface area contributed by atoms with Crippen molar-refractivity contribution in [3.63, 3.8) is 0 Å². The summed E-state index contributed by atoms with van der Waals surface area (Å²) in [7, 11) is 0. The van der Waals surface area contributed by atoms with Crippen molar-refractivity contribution in [3.05, 3.63) is 46.5 Å². The second-order valence-electron chi connectivity index (χ2n) is 8.00. The Balaban J connectivity index is 1.80. The molecule has 2 aliphatic rings. The molecule has 0 unspecified atom stereocenters. The van der Waals surface area contributed by atoms with E-state index in [9.17, 15) is 9.59 Å². The highest BCUT2D eigenvalue weighted by Crippen LogP contribution is 2.41. The van der Waals surface area contributed by atoms with Crippen molar-refractivity contribution in [2.75, 3.05) is 19.6 Å². The summed E-state index contributed by atoms with van der Waals surface area (Å²) in [6.07, 6.45) is 2.85. The normalized spacial score (nSPS) is 16.0. The zero-order valence-corrected chi connectivity index (χ0v) is 16.7. The first-order chi connectivity index (χ1) is 13.6. The lowest BCUT2D eigenvalue weighted by molar-refractivity contribution is 0.0986. The van der Waals surface area contributed by atoms with Gasteiger partial charge < -0.3 is 9.47 Å². The zero-order chi connectivity index (χ0) is 19.4. The molecule has 0 spiro atoms. The topological polar surface area (TPSA) is 42.3 Å². The third kappa shape index (κ3) is 2.40. The lowest BCUT2D eigenvalue weighted by atomic mass is 9.98. The van der Waals surface area contributed by atoms with Crippen LogP contribution in [0, 0.1) is 0 Å². The molecule has 1 aromatic heterocycles. The van der Waals surface area contributed by atoms with E-state index in [1.807, 2.05) is 12.1 Å². The zero-order valence-electron chi connectivity index (χ0n) is 16.7. The minimum Gasteiger partial charge on any atom is -0.339 e. The molecule has 0 fully saturated rings. The number of rotatable bonds is 5. The fraction of sp³-hybridized carbons (Fsp3) is 0.417. The van der Waals surface area contributed by atoms with Crippen LogP contribution < -0.4 is 0 Å². The van der Waals surface area contributed by atoms with E-state index >= 15 is 0 Å². The molecule has 1 heterocycles. The number of hydrogen-bond acceptors (Lipinski definition) is 3. The largest absolute Gasteiger partial charge is 0.339 e. The van der Waals surface area contributed by atoms with Gasteiger partial charge in [-0.05, 0) is 61.3 Å². The number of hydrogen-bond donors (Lipinski definition) is 0. The van der Waals surface area contributed by atoms with E-state index in [-0.39, 0.29) is 11.6 Å². The average molecular weight is 374 g/mol. The number of Topliss-reactive ketones (excluding diaryl/α,β-unsaturated/α-hetero) is 2. The van der Waals surface area contributed by atoms with Gasteiger partial charge >= 0.3 is 0 Å². The SMILES string of the molecule is CCN(CC)CCn1c2ccc3c(c2c2c4c(ccc21)C(=O)CC4)CCC3=O. The highest BCUT2D eigenvalue weighted by Gasteiger charge is 2.29. The average Bonchev–Trinajstić information content (AvgIpc) is 3.37. The number of carbonyl (C=O) groups excluding carboxylic acids is 2. The summed E-state index contributed by atoms with van der Waals surface area (Å²) in [4.78, 5) is 27.2. The lowest BCUT2D eigenvalue weighted by Gasteiger charge is -2.19. The Kier molecular flexibility index (Phi) is 4.13. The smallest absolute Gasteiger partial charge is 0.163 e. The first-order valence-corrected chi connectivity index (χ1v) is 10.5. The molecule has 0 atom stereocenters. The van der Waals surface area contributed by atoms with Crippen molar-refractivity contribution >= 4 is 33.4 Å². The van der Waals surface area contributed by atoms with Crippen molar-refractivity contribution in [1.29, 1.82) is 0 Å².